The zero-order valence-electron chi connectivity index (χ0n) is 14.8. The summed E-state index contributed by atoms with van der Waals surface area (Å²) in [6, 6.07) is 18.2. The van der Waals surface area contributed by atoms with Gasteiger partial charge in [-0.1, -0.05) is 36.4 Å². The van der Waals surface area contributed by atoms with E-state index >= 15 is 0 Å². The van der Waals surface area contributed by atoms with Gasteiger partial charge < -0.3 is 14.8 Å². The highest BCUT2D eigenvalue weighted by atomic mass is 16.7. The minimum absolute atomic E-state index is 0.342. The van der Waals surface area contributed by atoms with Gasteiger partial charge in [0.15, 0.2) is 11.5 Å². The Balaban J connectivity index is 1.25. The van der Waals surface area contributed by atoms with E-state index in [0.29, 0.717) is 18.9 Å². The predicted octanol–water partition coefficient (Wildman–Crippen LogP) is 3.21. The van der Waals surface area contributed by atoms with Gasteiger partial charge in [0.1, 0.15) is 0 Å². The smallest absolute Gasteiger partial charge is 0.231 e. The number of likely N-dealkylation sites (tertiary alicyclic amines) is 1. The monoisotopic (exact) mass is 338 g/mol. The molecule has 0 amide bonds. The Morgan fingerprint density at radius 1 is 1.04 bits per heavy atom. The summed E-state index contributed by atoms with van der Waals surface area (Å²) >= 11 is 0. The van der Waals surface area contributed by atoms with Crippen molar-refractivity contribution in [2.45, 2.75) is 38.4 Å². The van der Waals surface area contributed by atoms with Gasteiger partial charge in [0.2, 0.25) is 6.79 Å². The van der Waals surface area contributed by atoms with E-state index in [-0.39, 0.29) is 0 Å². The van der Waals surface area contributed by atoms with Gasteiger partial charge in [-0.25, -0.2) is 0 Å². The Morgan fingerprint density at radius 3 is 2.76 bits per heavy atom. The lowest BCUT2D eigenvalue weighted by molar-refractivity contribution is 0.174. The van der Waals surface area contributed by atoms with Gasteiger partial charge in [0.05, 0.1) is 0 Å². The van der Waals surface area contributed by atoms with Crippen LogP contribution in [0.1, 0.15) is 24.5 Å². The normalized spacial score (nSPS) is 22.4. The summed E-state index contributed by atoms with van der Waals surface area (Å²) in [5.74, 6) is 1.74. The molecule has 0 radical (unpaired) electrons. The molecule has 2 atom stereocenters. The molecule has 0 spiro atoms. The first-order valence-corrected chi connectivity index (χ1v) is 9.18. The number of fused-ring (bicyclic) bond motifs is 1. The van der Waals surface area contributed by atoms with Crippen LogP contribution < -0.4 is 14.8 Å². The SMILES string of the molecule is CC1CC(NCCc2ccc3c(c2)OCO3)CN1Cc1ccccc1. The average molecular weight is 338 g/mol. The Morgan fingerprint density at radius 2 is 1.88 bits per heavy atom. The maximum Gasteiger partial charge on any atom is 0.231 e. The molecule has 2 unspecified atom stereocenters. The Labute approximate surface area is 149 Å². The van der Waals surface area contributed by atoms with E-state index in [9.17, 15) is 0 Å². The molecule has 4 rings (SSSR count). The predicted molar refractivity (Wildman–Crippen MR) is 99.0 cm³/mol. The molecule has 2 heterocycles. The lowest BCUT2D eigenvalue weighted by Crippen LogP contribution is -2.34. The van der Waals surface area contributed by atoms with Crippen molar-refractivity contribution in [1.82, 2.24) is 10.2 Å². The average Bonchev–Trinajstić information content (AvgIpc) is 3.22. The highest BCUT2D eigenvalue weighted by molar-refractivity contribution is 5.44. The summed E-state index contributed by atoms with van der Waals surface area (Å²) in [5, 5.41) is 3.73. The molecule has 1 fully saturated rings. The van der Waals surface area contributed by atoms with Crippen LogP contribution in [0.5, 0.6) is 11.5 Å². The fourth-order valence-corrected chi connectivity index (χ4v) is 3.80. The lowest BCUT2D eigenvalue weighted by atomic mass is 10.1. The molecule has 0 aromatic heterocycles. The molecule has 0 saturated carbocycles. The number of benzene rings is 2. The molecule has 2 aromatic carbocycles. The van der Waals surface area contributed by atoms with Gasteiger partial charge in [0.25, 0.3) is 0 Å². The lowest BCUT2D eigenvalue weighted by Gasteiger charge is -2.21. The van der Waals surface area contributed by atoms with Gasteiger partial charge >= 0.3 is 0 Å². The van der Waals surface area contributed by atoms with Crippen molar-refractivity contribution in [3.8, 4) is 11.5 Å². The van der Waals surface area contributed by atoms with Gasteiger partial charge in [0, 0.05) is 25.2 Å². The van der Waals surface area contributed by atoms with Crippen LogP contribution in [0.15, 0.2) is 48.5 Å². The van der Waals surface area contributed by atoms with Crippen LogP contribution in [-0.2, 0) is 13.0 Å². The standard InChI is InChI=1S/C21H26N2O2/c1-16-11-19(14-23(16)13-18-5-3-2-4-6-18)22-10-9-17-7-8-20-21(12-17)25-15-24-20/h2-8,12,16,19,22H,9-11,13-15H2,1H3. The van der Waals surface area contributed by atoms with Crippen LogP contribution in [-0.4, -0.2) is 36.9 Å². The van der Waals surface area contributed by atoms with E-state index in [2.05, 4.69) is 59.6 Å². The largest absolute Gasteiger partial charge is 0.454 e. The fraction of sp³-hybridized carbons (Fsp3) is 0.429. The number of ether oxygens (including phenoxy) is 2. The summed E-state index contributed by atoms with van der Waals surface area (Å²) in [7, 11) is 0. The van der Waals surface area contributed by atoms with Crippen molar-refractivity contribution in [3.05, 3.63) is 59.7 Å². The third-order valence-electron chi connectivity index (χ3n) is 5.22. The van der Waals surface area contributed by atoms with Crippen molar-refractivity contribution < 1.29 is 9.47 Å². The van der Waals surface area contributed by atoms with E-state index in [0.717, 1.165) is 37.6 Å². The molecular weight excluding hydrogens is 312 g/mol. The maximum atomic E-state index is 5.45. The molecule has 0 aliphatic carbocycles. The molecule has 2 aliphatic rings. The molecule has 1 saturated heterocycles. The summed E-state index contributed by atoms with van der Waals surface area (Å²) in [4.78, 5) is 2.58. The zero-order chi connectivity index (χ0) is 17.1. The molecule has 25 heavy (non-hydrogen) atoms. The molecule has 0 bridgehead atoms. The van der Waals surface area contributed by atoms with Crippen molar-refractivity contribution in [1.29, 1.82) is 0 Å². The van der Waals surface area contributed by atoms with Gasteiger partial charge in [-0.3, -0.25) is 4.90 Å². The van der Waals surface area contributed by atoms with Crippen molar-refractivity contribution in [3.63, 3.8) is 0 Å². The molecule has 132 valence electrons. The Hall–Kier alpha value is -2.04. The van der Waals surface area contributed by atoms with Crippen molar-refractivity contribution in [2.75, 3.05) is 19.9 Å². The first-order valence-electron chi connectivity index (χ1n) is 9.18. The molecule has 2 aliphatic heterocycles. The first kappa shape index (κ1) is 16.4. The number of nitrogens with one attached hydrogen (secondary N) is 1. The van der Waals surface area contributed by atoms with Crippen LogP contribution in [0, 0.1) is 0 Å². The summed E-state index contributed by atoms with van der Waals surface area (Å²) in [6.45, 7) is 5.84. The number of nitrogens with zero attached hydrogens (tertiary/aromatic N) is 1. The number of rotatable bonds is 6. The third kappa shape index (κ3) is 3.97. The van der Waals surface area contributed by atoms with Crippen LogP contribution >= 0.6 is 0 Å². The molecule has 2 aromatic rings. The van der Waals surface area contributed by atoms with Crippen LogP contribution in [0.4, 0.5) is 0 Å². The number of hydrogen-bond acceptors (Lipinski definition) is 4. The Bertz CT molecular complexity index is 704. The summed E-state index contributed by atoms with van der Waals surface area (Å²) in [5.41, 5.74) is 2.69. The molecule has 4 nitrogen and oxygen atoms in total. The van der Waals surface area contributed by atoms with Crippen LogP contribution in [0.2, 0.25) is 0 Å². The second kappa shape index (κ2) is 7.46. The van der Waals surface area contributed by atoms with Crippen LogP contribution in [0.3, 0.4) is 0 Å². The third-order valence-corrected chi connectivity index (χ3v) is 5.22. The first-order chi connectivity index (χ1) is 12.3. The second-order valence-electron chi connectivity index (χ2n) is 7.09. The molecule has 1 N–H and O–H groups in total. The number of hydrogen-bond donors (Lipinski definition) is 1. The zero-order valence-corrected chi connectivity index (χ0v) is 14.8. The van der Waals surface area contributed by atoms with E-state index < -0.39 is 0 Å². The maximum absolute atomic E-state index is 5.45. The Kier molecular flexibility index (Phi) is 4.90. The van der Waals surface area contributed by atoms with Crippen molar-refractivity contribution >= 4 is 0 Å². The van der Waals surface area contributed by atoms with Gasteiger partial charge in [-0.2, -0.15) is 0 Å². The van der Waals surface area contributed by atoms with E-state index in [4.69, 9.17) is 9.47 Å². The van der Waals surface area contributed by atoms with Gasteiger partial charge in [-0.05, 0) is 49.6 Å². The summed E-state index contributed by atoms with van der Waals surface area (Å²) in [6.07, 6.45) is 2.23. The highest BCUT2D eigenvalue weighted by Gasteiger charge is 2.28. The van der Waals surface area contributed by atoms with E-state index in [1.807, 2.05) is 6.07 Å². The minimum atomic E-state index is 0.342. The molecule has 4 heteroatoms. The van der Waals surface area contributed by atoms with Crippen molar-refractivity contribution in [2.24, 2.45) is 0 Å². The topological polar surface area (TPSA) is 33.7 Å². The van der Waals surface area contributed by atoms with E-state index in [1.165, 1.54) is 17.5 Å². The summed E-state index contributed by atoms with van der Waals surface area (Å²) < 4.78 is 10.8. The second-order valence-corrected chi connectivity index (χ2v) is 7.09. The van der Waals surface area contributed by atoms with Gasteiger partial charge in [-0.15, -0.1) is 0 Å². The quantitative estimate of drug-likeness (QED) is 0.877. The molecular formula is C21H26N2O2. The minimum Gasteiger partial charge on any atom is -0.454 e. The fourth-order valence-electron chi connectivity index (χ4n) is 3.80. The highest BCUT2D eigenvalue weighted by Crippen LogP contribution is 2.32. The van der Waals surface area contributed by atoms with Crippen LogP contribution in [0.25, 0.3) is 0 Å². The van der Waals surface area contributed by atoms with E-state index in [1.54, 1.807) is 0 Å².